The molecule has 0 spiro atoms. The normalized spacial score (nSPS) is 10.9. The number of benzene rings is 2. The summed E-state index contributed by atoms with van der Waals surface area (Å²) in [5.41, 5.74) is 6.51. The van der Waals surface area contributed by atoms with E-state index in [4.69, 9.17) is 17.3 Å². The first-order chi connectivity index (χ1) is 11.4. The van der Waals surface area contributed by atoms with Crippen molar-refractivity contribution in [1.82, 2.24) is 4.57 Å². The van der Waals surface area contributed by atoms with E-state index in [1.807, 2.05) is 0 Å². The maximum Gasteiger partial charge on any atom is 0.288 e. The SMILES string of the molecule is NCc1cn(C(=O)c2ccc(Cl)c([N+](=O)[O-])c2)c2cccc(O)c12. The van der Waals surface area contributed by atoms with Crippen LogP contribution in [0.25, 0.3) is 10.9 Å². The summed E-state index contributed by atoms with van der Waals surface area (Å²) in [6, 6.07) is 8.61. The molecule has 0 radical (unpaired) electrons. The van der Waals surface area contributed by atoms with Gasteiger partial charge in [0.25, 0.3) is 11.6 Å². The maximum atomic E-state index is 12.8. The van der Waals surface area contributed by atoms with Gasteiger partial charge in [0, 0.05) is 29.8 Å². The third-order valence-corrected chi connectivity index (χ3v) is 4.03. The van der Waals surface area contributed by atoms with Crippen LogP contribution in [-0.2, 0) is 6.54 Å². The minimum atomic E-state index is -0.649. The minimum Gasteiger partial charge on any atom is -0.507 e. The van der Waals surface area contributed by atoms with Crippen molar-refractivity contribution >= 4 is 34.1 Å². The average molecular weight is 346 g/mol. The summed E-state index contributed by atoms with van der Waals surface area (Å²) < 4.78 is 1.31. The minimum absolute atomic E-state index is 0.0154. The Balaban J connectivity index is 2.18. The fourth-order valence-electron chi connectivity index (χ4n) is 2.60. The Labute approximate surface area is 141 Å². The molecule has 0 bridgehead atoms. The Kier molecular flexibility index (Phi) is 3.96. The Bertz CT molecular complexity index is 981. The molecule has 0 atom stereocenters. The highest BCUT2D eigenvalue weighted by Gasteiger charge is 2.20. The van der Waals surface area contributed by atoms with Gasteiger partial charge in [-0.1, -0.05) is 17.7 Å². The van der Waals surface area contributed by atoms with Gasteiger partial charge in [-0.25, -0.2) is 0 Å². The molecule has 1 aromatic heterocycles. The van der Waals surface area contributed by atoms with Crippen LogP contribution in [0.15, 0.2) is 42.6 Å². The number of nitrogens with two attached hydrogens (primary N) is 1. The van der Waals surface area contributed by atoms with Crippen molar-refractivity contribution < 1.29 is 14.8 Å². The van der Waals surface area contributed by atoms with E-state index in [1.54, 1.807) is 12.1 Å². The quantitative estimate of drug-likeness (QED) is 0.559. The van der Waals surface area contributed by atoms with E-state index in [0.717, 1.165) is 6.07 Å². The molecule has 3 rings (SSSR count). The van der Waals surface area contributed by atoms with E-state index in [9.17, 15) is 20.0 Å². The Morgan fingerprint density at radius 1 is 1.33 bits per heavy atom. The lowest BCUT2D eigenvalue weighted by atomic mass is 10.1. The highest BCUT2D eigenvalue weighted by atomic mass is 35.5. The second-order valence-electron chi connectivity index (χ2n) is 5.13. The number of carbonyl (C=O) groups excluding carboxylic acids is 1. The number of hydrogen-bond acceptors (Lipinski definition) is 5. The first kappa shape index (κ1) is 16.0. The predicted molar refractivity (Wildman–Crippen MR) is 89.3 cm³/mol. The van der Waals surface area contributed by atoms with Gasteiger partial charge < -0.3 is 10.8 Å². The maximum absolute atomic E-state index is 12.8. The van der Waals surface area contributed by atoms with Crippen LogP contribution in [0.2, 0.25) is 5.02 Å². The van der Waals surface area contributed by atoms with Crippen LogP contribution in [0.3, 0.4) is 0 Å². The molecule has 3 N–H and O–H groups in total. The van der Waals surface area contributed by atoms with Crippen LogP contribution in [0, 0.1) is 10.1 Å². The number of phenols is 1. The summed E-state index contributed by atoms with van der Waals surface area (Å²) in [5.74, 6) is -0.466. The Morgan fingerprint density at radius 3 is 2.75 bits per heavy atom. The van der Waals surface area contributed by atoms with E-state index < -0.39 is 10.8 Å². The number of aromatic hydroxyl groups is 1. The molecular weight excluding hydrogens is 334 g/mol. The highest BCUT2D eigenvalue weighted by Crippen LogP contribution is 2.31. The van der Waals surface area contributed by atoms with Crippen molar-refractivity contribution in [1.29, 1.82) is 0 Å². The van der Waals surface area contributed by atoms with E-state index in [-0.39, 0.29) is 28.6 Å². The van der Waals surface area contributed by atoms with Gasteiger partial charge in [-0.05, 0) is 29.8 Å². The van der Waals surface area contributed by atoms with Crippen LogP contribution in [0.4, 0.5) is 5.69 Å². The van der Waals surface area contributed by atoms with E-state index >= 15 is 0 Å². The summed E-state index contributed by atoms with van der Waals surface area (Å²) in [5, 5.41) is 21.4. The summed E-state index contributed by atoms with van der Waals surface area (Å²) in [6.07, 6.45) is 1.52. The number of fused-ring (bicyclic) bond motifs is 1. The number of halogens is 1. The third kappa shape index (κ3) is 2.49. The van der Waals surface area contributed by atoms with Gasteiger partial charge in [-0.3, -0.25) is 19.5 Å². The van der Waals surface area contributed by atoms with Crippen molar-refractivity contribution in [3.63, 3.8) is 0 Å². The summed E-state index contributed by atoms with van der Waals surface area (Å²) in [6.45, 7) is 0.134. The number of carbonyl (C=O) groups is 1. The fourth-order valence-corrected chi connectivity index (χ4v) is 2.78. The molecule has 3 aromatic rings. The number of nitrogens with zero attached hydrogens (tertiary/aromatic N) is 2. The van der Waals surface area contributed by atoms with Crippen LogP contribution in [0.1, 0.15) is 15.9 Å². The number of hydrogen-bond donors (Lipinski definition) is 2. The van der Waals surface area contributed by atoms with Gasteiger partial charge in [0.15, 0.2) is 0 Å². The van der Waals surface area contributed by atoms with Crippen LogP contribution in [-0.4, -0.2) is 20.5 Å². The van der Waals surface area contributed by atoms with Gasteiger partial charge in [0.1, 0.15) is 10.8 Å². The molecule has 0 unspecified atom stereocenters. The van der Waals surface area contributed by atoms with Crippen molar-refractivity contribution in [2.24, 2.45) is 5.73 Å². The molecule has 122 valence electrons. The number of phenolic OH excluding ortho intramolecular Hbond substituents is 1. The van der Waals surface area contributed by atoms with E-state index in [1.165, 1.54) is 29.0 Å². The first-order valence-electron chi connectivity index (χ1n) is 6.94. The molecule has 0 saturated carbocycles. The van der Waals surface area contributed by atoms with Gasteiger partial charge in [0.05, 0.1) is 10.4 Å². The van der Waals surface area contributed by atoms with Crippen LogP contribution in [0.5, 0.6) is 5.75 Å². The molecule has 1 heterocycles. The number of aromatic nitrogens is 1. The molecule has 2 aromatic carbocycles. The second kappa shape index (κ2) is 5.95. The molecule has 0 amide bonds. The third-order valence-electron chi connectivity index (χ3n) is 3.71. The Morgan fingerprint density at radius 2 is 2.08 bits per heavy atom. The van der Waals surface area contributed by atoms with Gasteiger partial charge >= 0.3 is 0 Å². The molecule has 8 heteroatoms. The molecule has 0 fully saturated rings. The van der Waals surface area contributed by atoms with E-state index in [0.29, 0.717) is 16.5 Å². The Hall–Kier alpha value is -2.90. The zero-order valence-corrected chi connectivity index (χ0v) is 13.0. The summed E-state index contributed by atoms with van der Waals surface area (Å²) in [7, 11) is 0. The number of nitro groups is 1. The van der Waals surface area contributed by atoms with Crippen molar-refractivity contribution in [3.05, 3.63) is 68.9 Å². The van der Waals surface area contributed by atoms with Crippen molar-refractivity contribution in [2.75, 3.05) is 0 Å². The summed E-state index contributed by atoms with van der Waals surface area (Å²) >= 11 is 5.77. The monoisotopic (exact) mass is 345 g/mol. The number of rotatable bonds is 3. The number of nitro benzene ring substituents is 1. The van der Waals surface area contributed by atoms with E-state index in [2.05, 4.69) is 0 Å². The van der Waals surface area contributed by atoms with Crippen molar-refractivity contribution in [3.8, 4) is 5.75 Å². The van der Waals surface area contributed by atoms with Crippen LogP contribution >= 0.6 is 11.6 Å². The molecule has 24 heavy (non-hydrogen) atoms. The lowest BCUT2D eigenvalue weighted by molar-refractivity contribution is -0.384. The predicted octanol–water partition coefficient (Wildman–Crippen LogP) is 3.06. The van der Waals surface area contributed by atoms with Gasteiger partial charge in [0.2, 0.25) is 0 Å². The van der Waals surface area contributed by atoms with Gasteiger partial charge in [-0.15, -0.1) is 0 Å². The second-order valence-corrected chi connectivity index (χ2v) is 5.54. The van der Waals surface area contributed by atoms with Gasteiger partial charge in [-0.2, -0.15) is 0 Å². The molecule has 0 aliphatic heterocycles. The molecule has 7 nitrogen and oxygen atoms in total. The lowest BCUT2D eigenvalue weighted by Crippen LogP contribution is -2.11. The largest absolute Gasteiger partial charge is 0.507 e. The van der Waals surface area contributed by atoms with Crippen molar-refractivity contribution in [2.45, 2.75) is 6.54 Å². The summed E-state index contributed by atoms with van der Waals surface area (Å²) in [4.78, 5) is 23.1. The standard InChI is InChI=1S/C16H12ClN3O4/c17-11-5-4-9(6-13(11)20(23)24)16(22)19-8-10(7-18)15-12(19)2-1-3-14(15)21/h1-6,8,21H,7,18H2. The molecular formula is C16H12ClN3O4. The zero-order chi connectivity index (χ0) is 17.4. The topological polar surface area (TPSA) is 111 Å². The first-order valence-corrected chi connectivity index (χ1v) is 7.32. The average Bonchev–Trinajstić information content (AvgIpc) is 2.94. The smallest absolute Gasteiger partial charge is 0.288 e. The molecule has 0 aliphatic carbocycles. The zero-order valence-electron chi connectivity index (χ0n) is 12.3. The highest BCUT2D eigenvalue weighted by molar-refractivity contribution is 6.32. The van der Waals surface area contributed by atoms with Crippen LogP contribution < -0.4 is 5.73 Å². The lowest BCUT2D eigenvalue weighted by Gasteiger charge is -2.05. The molecule has 0 saturated heterocycles. The fraction of sp³-hybridized carbons (Fsp3) is 0.0625. The molecule has 0 aliphatic rings.